The molecule has 0 aliphatic carbocycles. The molecular formula is C5H3F7. The fraction of sp³-hybridized carbons (Fsp3) is 0.600. The summed E-state index contributed by atoms with van der Waals surface area (Å²) in [7, 11) is 0. The molecule has 0 spiro atoms. The van der Waals surface area contributed by atoms with Crippen LogP contribution in [0.25, 0.3) is 0 Å². The smallest absolute Gasteiger partial charge is 0.246 e. The Kier molecular flexibility index (Phi) is 3.11. The number of allylic oxidation sites excluding steroid dienone is 2. The van der Waals surface area contributed by atoms with Crippen LogP contribution in [0, 0.1) is 0 Å². The van der Waals surface area contributed by atoms with Crippen molar-refractivity contribution in [2.45, 2.75) is 12.4 Å². The Bertz CT molecular complexity index is 171. The summed E-state index contributed by atoms with van der Waals surface area (Å²) >= 11 is 0. The Labute approximate surface area is 62.7 Å². The zero-order valence-electron chi connectivity index (χ0n) is 5.43. The maximum Gasteiger partial charge on any atom is 0.415 e. The van der Waals surface area contributed by atoms with Gasteiger partial charge in [-0.05, 0) is 0 Å². The molecule has 0 aliphatic rings. The second kappa shape index (κ2) is 3.32. The van der Waals surface area contributed by atoms with E-state index in [0.717, 1.165) is 0 Å². The van der Waals surface area contributed by atoms with E-state index in [1.165, 1.54) is 0 Å². The molecule has 0 heterocycles. The van der Waals surface area contributed by atoms with Gasteiger partial charge in [0.25, 0.3) is 0 Å². The van der Waals surface area contributed by atoms with Gasteiger partial charge in [-0.2, -0.15) is 26.3 Å². The summed E-state index contributed by atoms with van der Waals surface area (Å²) in [6.45, 7) is -2.18. The Hall–Kier alpha value is -0.750. The molecule has 0 aromatic rings. The van der Waals surface area contributed by atoms with Gasteiger partial charge in [-0.1, -0.05) is 0 Å². The summed E-state index contributed by atoms with van der Waals surface area (Å²) in [5.74, 6) is 0. The standard InChI is InChI=1S/C5H3F7/c6-2-3(5(10,11)12)1-4(7,8)9/h1H,2H2. The highest BCUT2D eigenvalue weighted by Crippen LogP contribution is 2.30. The SMILES string of the molecule is FCC(=CC(F)(F)F)C(F)(F)F. The predicted octanol–water partition coefficient (Wildman–Crippen LogP) is 3.01. The Morgan fingerprint density at radius 3 is 1.50 bits per heavy atom. The molecule has 0 aromatic carbocycles. The molecule has 0 amide bonds. The highest BCUT2D eigenvalue weighted by Gasteiger charge is 2.38. The Morgan fingerprint density at radius 1 is 1.00 bits per heavy atom. The molecule has 0 bridgehead atoms. The van der Waals surface area contributed by atoms with Gasteiger partial charge in [0, 0.05) is 6.08 Å². The van der Waals surface area contributed by atoms with Crippen molar-refractivity contribution >= 4 is 0 Å². The summed E-state index contributed by atoms with van der Waals surface area (Å²) in [6, 6.07) is 0. The van der Waals surface area contributed by atoms with E-state index in [1.807, 2.05) is 0 Å². The minimum absolute atomic E-state index is 1.09. The summed E-state index contributed by atoms with van der Waals surface area (Å²) in [6.07, 6.45) is -11.5. The van der Waals surface area contributed by atoms with E-state index in [0.29, 0.717) is 0 Å². The van der Waals surface area contributed by atoms with E-state index in [9.17, 15) is 30.7 Å². The lowest BCUT2D eigenvalue weighted by Gasteiger charge is -2.08. The number of hydrogen-bond acceptors (Lipinski definition) is 0. The van der Waals surface area contributed by atoms with Crippen LogP contribution in [-0.4, -0.2) is 19.0 Å². The second-order valence-electron chi connectivity index (χ2n) is 1.84. The fourth-order valence-corrected chi connectivity index (χ4v) is 0.394. The van der Waals surface area contributed by atoms with E-state index < -0.39 is 30.7 Å². The third-order valence-electron chi connectivity index (χ3n) is 0.846. The van der Waals surface area contributed by atoms with Gasteiger partial charge in [-0.25, -0.2) is 4.39 Å². The van der Waals surface area contributed by atoms with Gasteiger partial charge in [0.15, 0.2) is 0 Å². The van der Waals surface area contributed by atoms with Crippen molar-refractivity contribution in [3.63, 3.8) is 0 Å². The molecule has 0 rings (SSSR count). The largest absolute Gasteiger partial charge is 0.415 e. The van der Waals surface area contributed by atoms with Crippen LogP contribution >= 0.6 is 0 Å². The molecule has 0 N–H and O–H groups in total. The average molecular weight is 196 g/mol. The first-order valence-electron chi connectivity index (χ1n) is 2.58. The Balaban J connectivity index is 4.68. The number of halogens is 7. The predicted molar refractivity (Wildman–Crippen MR) is 26.2 cm³/mol. The maximum absolute atomic E-state index is 11.4. The maximum atomic E-state index is 11.4. The van der Waals surface area contributed by atoms with Crippen molar-refractivity contribution in [2.24, 2.45) is 0 Å². The lowest BCUT2D eigenvalue weighted by molar-refractivity contribution is -0.110. The summed E-state index contributed by atoms with van der Waals surface area (Å²) in [5.41, 5.74) is -2.23. The molecule has 7 heteroatoms. The summed E-state index contributed by atoms with van der Waals surface area (Å²) in [5, 5.41) is 0. The molecule has 0 nitrogen and oxygen atoms in total. The Morgan fingerprint density at radius 2 is 1.42 bits per heavy atom. The zero-order chi connectivity index (χ0) is 9.99. The molecular weight excluding hydrogens is 193 g/mol. The van der Waals surface area contributed by atoms with Gasteiger partial charge in [-0.3, -0.25) is 0 Å². The second-order valence-corrected chi connectivity index (χ2v) is 1.84. The van der Waals surface area contributed by atoms with Gasteiger partial charge in [-0.15, -0.1) is 0 Å². The van der Waals surface area contributed by atoms with E-state index in [2.05, 4.69) is 0 Å². The lowest BCUT2D eigenvalue weighted by atomic mass is 10.2. The molecule has 0 atom stereocenters. The monoisotopic (exact) mass is 196 g/mol. The third-order valence-corrected chi connectivity index (χ3v) is 0.846. The zero-order valence-corrected chi connectivity index (χ0v) is 5.43. The van der Waals surface area contributed by atoms with Crippen molar-refractivity contribution in [1.29, 1.82) is 0 Å². The van der Waals surface area contributed by atoms with Crippen molar-refractivity contribution < 1.29 is 30.7 Å². The topological polar surface area (TPSA) is 0 Å². The fourth-order valence-electron chi connectivity index (χ4n) is 0.394. The average Bonchev–Trinajstić information content (AvgIpc) is 1.78. The van der Waals surface area contributed by atoms with Crippen LogP contribution in [0.2, 0.25) is 0 Å². The minimum Gasteiger partial charge on any atom is -0.246 e. The van der Waals surface area contributed by atoms with Crippen LogP contribution < -0.4 is 0 Å². The van der Waals surface area contributed by atoms with E-state index in [-0.39, 0.29) is 0 Å². The van der Waals surface area contributed by atoms with Crippen molar-refractivity contribution in [3.8, 4) is 0 Å². The van der Waals surface area contributed by atoms with E-state index >= 15 is 0 Å². The van der Waals surface area contributed by atoms with Gasteiger partial charge in [0.1, 0.15) is 6.67 Å². The first-order chi connectivity index (χ1) is 5.17. The van der Waals surface area contributed by atoms with Crippen LogP contribution in [0.1, 0.15) is 0 Å². The normalized spacial score (nSPS) is 15.1. The van der Waals surface area contributed by atoms with Gasteiger partial charge < -0.3 is 0 Å². The first-order valence-corrected chi connectivity index (χ1v) is 2.58. The third kappa shape index (κ3) is 4.20. The summed E-state index contributed by atoms with van der Waals surface area (Å²) in [4.78, 5) is 0. The lowest BCUT2D eigenvalue weighted by Crippen LogP contribution is -2.17. The molecule has 0 unspecified atom stereocenters. The number of rotatable bonds is 1. The van der Waals surface area contributed by atoms with Crippen LogP contribution in [-0.2, 0) is 0 Å². The van der Waals surface area contributed by atoms with Crippen LogP contribution in [0.3, 0.4) is 0 Å². The first kappa shape index (κ1) is 11.2. The molecule has 12 heavy (non-hydrogen) atoms. The molecule has 0 aliphatic heterocycles. The molecule has 0 aromatic heterocycles. The van der Waals surface area contributed by atoms with Gasteiger partial charge >= 0.3 is 12.4 Å². The summed E-state index contributed by atoms with van der Waals surface area (Å²) < 4.78 is 79.6. The molecule has 0 fully saturated rings. The van der Waals surface area contributed by atoms with Crippen molar-refractivity contribution in [3.05, 3.63) is 11.6 Å². The highest BCUT2D eigenvalue weighted by atomic mass is 19.4. The van der Waals surface area contributed by atoms with Gasteiger partial charge in [0.2, 0.25) is 0 Å². The van der Waals surface area contributed by atoms with Crippen molar-refractivity contribution in [1.82, 2.24) is 0 Å². The van der Waals surface area contributed by atoms with Crippen molar-refractivity contribution in [2.75, 3.05) is 6.67 Å². The quantitative estimate of drug-likeness (QED) is 0.446. The number of hydrogen-bond donors (Lipinski definition) is 0. The highest BCUT2D eigenvalue weighted by molar-refractivity contribution is 5.11. The van der Waals surface area contributed by atoms with Crippen LogP contribution in [0.5, 0.6) is 0 Å². The molecule has 72 valence electrons. The minimum atomic E-state index is -5.26. The molecule has 0 radical (unpaired) electrons. The molecule has 0 saturated heterocycles. The van der Waals surface area contributed by atoms with Crippen LogP contribution in [0.4, 0.5) is 30.7 Å². The van der Waals surface area contributed by atoms with Gasteiger partial charge in [0.05, 0.1) is 5.57 Å². The molecule has 0 saturated carbocycles. The van der Waals surface area contributed by atoms with E-state index in [4.69, 9.17) is 0 Å². The van der Waals surface area contributed by atoms with E-state index in [1.54, 1.807) is 0 Å². The number of alkyl halides is 7. The van der Waals surface area contributed by atoms with Crippen LogP contribution in [0.15, 0.2) is 11.6 Å².